The van der Waals surface area contributed by atoms with E-state index >= 15 is 0 Å². The summed E-state index contributed by atoms with van der Waals surface area (Å²) in [6.07, 6.45) is 7.82. The van der Waals surface area contributed by atoms with E-state index < -0.39 is 0 Å². The van der Waals surface area contributed by atoms with Gasteiger partial charge in [0.15, 0.2) is 0 Å². The van der Waals surface area contributed by atoms with Crippen LogP contribution in [0.5, 0.6) is 0 Å². The van der Waals surface area contributed by atoms with Crippen LogP contribution < -0.4 is 10.6 Å². The van der Waals surface area contributed by atoms with E-state index in [0.717, 1.165) is 32.0 Å². The second-order valence-corrected chi connectivity index (χ2v) is 6.49. The molecule has 2 fully saturated rings. The number of rotatable bonds is 4. The summed E-state index contributed by atoms with van der Waals surface area (Å²) in [5.74, 6) is 1.18. The summed E-state index contributed by atoms with van der Waals surface area (Å²) in [5.41, 5.74) is 7.48. The Morgan fingerprint density at radius 3 is 3.05 bits per heavy atom. The standard InChI is InChI=1S/C17H28N4/c1-2-15(18)12-14-6-3-8-19-17(14)21-11-5-10-20-9-4-7-16(20)13-21/h3,6,8,15-16H,2,4-5,7,9-13,18H2,1H3. The van der Waals surface area contributed by atoms with Crippen molar-refractivity contribution >= 4 is 5.82 Å². The molecule has 4 nitrogen and oxygen atoms in total. The van der Waals surface area contributed by atoms with Crippen molar-refractivity contribution in [1.29, 1.82) is 0 Å². The highest BCUT2D eigenvalue weighted by atomic mass is 15.3. The third-order valence-corrected chi connectivity index (χ3v) is 4.98. The molecule has 2 aliphatic rings. The lowest BCUT2D eigenvalue weighted by Crippen LogP contribution is -2.37. The Hall–Kier alpha value is -1.13. The molecule has 0 aromatic carbocycles. The first kappa shape index (κ1) is 14.8. The fraction of sp³-hybridized carbons (Fsp3) is 0.706. The third kappa shape index (κ3) is 3.38. The Kier molecular flexibility index (Phi) is 4.76. The van der Waals surface area contributed by atoms with Gasteiger partial charge in [-0.1, -0.05) is 13.0 Å². The Bertz CT molecular complexity index is 462. The van der Waals surface area contributed by atoms with Gasteiger partial charge in [0.25, 0.3) is 0 Å². The Morgan fingerprint density at radius 2 is 2.19 bits per heavy atom. The molecule has 2 aliphatic heterocycles. The number of pyridine rings is 1. The van der Waals surface area contributed by atoms with Crippen molar-refractivity contribution in [3.8, 4) is 0 Å². The van der Waals surface area contributed by atoms with Crippen LogP contribution in [0.25, 0.3) is 0 Å². The van der Waals surface area contributed by atoms with Crippen LogP contribution in [0.2, 0.25) is 0 Å². The number of nitrogens with two attached hydrogens (primary N) is 1. The van der Waals surface area contributed by atoms with Crippen LogP contribution in [0.15, 0.2) is 18.3 Å². The molecule has 0 radical (unpaired) electrons. The largest absolute Gasteiger partial charge is 0.355 e. The number of aromatic nitrogens is 1. The van der Waals surface area contributed by atoms with Crippen LogP contribution in [-0.4, -0.2) is 48.1 Å². The van der Waals surface area contributed by atoms with Crippen molar-refractivity contribution in [3.63, 3.8) is 0 Å². The first-order valence-electron chi connectivity index (χ1n) is 8.46. The van der Waals surface area contributed by atoms with Gasteiger partial charge in [-0.05, 0) is 50.3 Å². The number of hydrogen-bond donors (Lipinski definition) is 1. The van der Waals surface area contributed by atoms with Gasteiger partial charge in [0.05, 0.1) is 0 Å². The smallest absolute Gasteiger partial charge is 0.131 e. The molecule has 3 rings (SSSR count). The molecule has 116 valence electrons. The number of fused-ring (bicyclic) bond motifs is 1. The van der Waals surface area contributed by atoms with Gasteiger partial charge >= 0.3 is 0 Å². The monoisotopic (exact) mass is 288 g/mol. The fourth-order valence-corrected chi connectivity index (χ4v) is 3.70. The van der Waals surface area contributed by atoms with Crippen molar-refractivity contribution in [1.82, 2.24) is 9.88 Å². The molecule has 1 aromatic heterocycles. The molecule has 2 N–H and O–H groups in total. The molecule has 2 atom stereocenters. The lowest BCUT2D eigenvalue weighted by atomic mass is 10.0. The number of hydrogen-bond acceptors (Lipinski definition) is 4. The maximum atomic E-state index is 6.17. The fourth-order valence-electron chi connectivity index (χ4n) is 3.70. The van der Waals surface area contributed by atoms with Gasteiger partial charge in [0.1, 0.15) is 5.82 Å². The zero-order valence-corrected chi connectivity index (χ0v) is 13.2. The summed E-state index contributed by atoms with van der Waals surface area (Å²) in [7, 11) is 0. The summed E-state index contributed by atoms with van der Waals surface area (Å²) in [5, 5.41) is 0. The van der Waals surface area contributed by atoms with Crippen LogP contribution in [0.3, 0.4) is 0 Å². The van der Waals surface area contributed by atoms with Gasteiger partial charge in [-0.25, -0.2) is 4.98 Å². The predicted octanol–water partition coefficient (Wildman–Crippen LogP) is 2.04. The molecule has 0 amide bonds. The van der Waals surface area contributed by atoms with E-state index in [-0.39, 0.29) is 6.04 Å². The average molecular weight is 288 g/mol. The second-order valence-electron chi connectivity index (χ2n) is 6.49. The molecular weight excluding hydrogens is 260 g/mol. The first-order valence-corrected chi connectivity index (χ1v) is 8.46. The highest BCUT2D eigenvalue weighted by Gasteiger charge is 2.29. The molecule has 2 saturated heterocycles. The first-order chi connectivity index (χ1) is 10.3. The lowest BCUT2D eigenvalue weighted by molar-refractivity contribution is 0.273. The van der Waals surface area contributed by atoms with Gasteiger partial charge in [-0.15, -0.1) is 0 Å². The van der Waals surface area contributed by atoms with Gasteiger partial charge in [0.2, 0.25) is 0 Å². The Morgan fingerprint density at radius 1 is 1.33 bits per heavy atom. The van der Waals surface area contributed by atoms with E-state index in [1.54, 1.807) is 0 Å². The second kappa shape index (κ2) is 6.75. The molecule has 4 heteroatoms. The van der Waals surface area contributed by atoms with Crippen LogP contribution >= 0.6 is 0 Å². The highest BCUT2D eigenvalue weighted by molar-refractivity contribution is 5.47. The summed E-state index contributed by atoms with van der Waals surface area (Å²) in [4.78, 5) is 9.87. The van der Waals surface area contributed by atoms with E-state index in [9.17, 15) is 0 Å². The van der Waals surface area contributed by atoms with E-state index in [4.69, 9.17) is 10.7 Å². The minimum Gasteiger partial charge on any atom is -0.355 e. The molecule has 0 bridgehead atoms. The molecule has 2 unspecified atom stereocenters. The van der Waals surface area contributed by atoms with Crippen molar-refractivity contribution in [3.05, 3.63) is 23.9 Å². The minimum absolute atomic E-state index is 0.239. The molecule has 0 saturated carbocycles. The SMILES string of the molecule is CCC(N)Cc1cccnc1N1CCCN2CCCC2C1. The molecule has 0 aliphatic carbocycles. The van der Waals surface area contributed by atoms with Crippen LogP contribution in [0, 0.1) is 0 Å². The van der Waals surface area contributed by atoms with Crippen LogP contribution in [-0.2, 0) is 6.42 Å². The maximum absolute atomic E-state index is 6.17. The molecule has 3 heterocycles. The van der Waals surface area contributed by atoms with Crippen molar-refractivity contribution < 1.29 is 0 Å². The third-order valence-electron chi connectivity index (χ3n) is 4.98. The number of anilines is 1. The quantitative estimate of drug-likeness (QED) is 0.921. The molecular formula is C17H28N4. The van der Waals surface area contributed by atoms with E-state index in [1.807, 2.05) is 12.3 Å². The van der Waals surface area contributed by atoms with Gasteiger partial charge in [-0.3, -0.25) is 4.90 Å². The van der Waals surface area contributed by atoms with Gasteiger partial charge < -0.3 is 10.6 Å². The van der Waals surface area contributed by atoms with Crippen LogP contribution in [0.4, 0.5) is 5.82 Å². The Labute approximate surface area is 128 Å². The Balaban J connectivity index is 1.78. The van der Waals surface area contributed by atoms with Gasteiger partial charge in [0, 0.05) is 37.9 Å². The molecule has 21 heavy (non-hydrogen) atoms. The maximum Gasteiger partial charge on any atom is 0.131 e. The average Bonchev–Trinajstić information content (AvgIpc) is 2.85. The summed E-state index contributed by atoms with van der Waals surface area (Å²) in [6, 6.07) is 5.21. The van der Waals surface area contributed by atoms with Crippen molar-refractivity contribution in [2.45, 2.75) is 51.1 Å². The lowest BCUT2D eigenvalue weighted by Gasteiger charge is -2.28. The van der Waals surface area contributed by atoms with E-state index in [0.29, 0.717) is 0 Å². The molecule has 1 aromatic rings. The topological polar surface area (TPSA) is 45.4 Å². The summed E-state index contributed by atoms with van der Waals surface area (Å²) >= 11 is 0. The van der Waals surface area contributed by atoms with Crippen molar-refractivity contribution in [2.75, 3.05) is 31.1 Å². The zero-order chi connectivity index (χ0) is 14.7. The highest BCUT2D eigenvalue weighted by Crippen LogP contribution is 2.26. The number of nitrogens with zero attached hydrogens (tertiary/aromatic N) is 3. The van der Waals surface area contributed by atoms with Crippen LogP contribution in [0.1, 0.15) is 38.2 Å². The van der Waals surface area contributed by atoms with Crippen molar-refractivity contribution in [2.24, 2.45) is 5.73 Å². The summed E-state index contributed by atoms with van der Waals surface area (Å²) < 4.78 is 0. The predicted molar refractivity (Wildman–Crippen MR) is 87.6 cm³/mol. The van der Waals surface area contributed by atoms with Gasteiger partial charge in [-0.2, -0.15) is 0 Å². The minimum atomic E-state index is 0.239. The molecule has 0 spiro atoms. The summed E-state index contributed by atoms with van der Waals surface area (Å²) in [6.45, 7) is 6.94. The zero-order valence-electron chi connectivity index (χ0n) is 13.2. The van der Waals surface area contributed by atoms with E-state index in [2.05, 4.69) is 22.8 Å². The van der Waals surface area contributed by atoms with E-state index in [1.165, 1.54) is 43.7 Å². The normalized spacial score (nSPS) is 24.7.